The third-order valence-corrected chi connectivity index (χ3v) is 2.64. The fraction of sp³-hybridized carbons (Fsp3) is 0.357. The largest absolute Gasteiger partial charge is 0.478 e. The fourth-order valence-corrected chi connectivity index (χ4v) is 1.44. The van der Waals surface area contributed by atoms with E-state index in [-0.39, 0.29) is 5.38 Å². The summed E-state index contributed by atoms with van der Waals surface area (Å²) in [5.74, 6) is -0.981. The Morgan fingerprint density at radius 1 is 1.44 bits per heavy atom. The van der Waals surface area contributed by atoms with Crippen LogP contribution in [0.15, 0.2) is 43.0 Å². The van der Waals surface area contributed by atoms with Crippen molar-refractivity contribution in [3.63, 3.8) is 0 Å². The highest BCUT2D eigenvalue weighted by molar-refractivity contribution is 6.20. The second kappa shape index (κ2) is 9.68. The zero-order chi connectivity index (χ0) is 14.0. The van der Waals surface area contributed by atoms with Crippen LogP contribution in [0.3, 0.4) is 0 Å². The first-order chi connectivity index (χ1) is 8.47. The summed E-state index contributed by atoms with van der Waals surface area (Å²) in [7, 11) is 4.13. The van der Waals surface area contributed by atoms with Crippen LogP contribution in [0.4, 0.5) is 0 Å². The molecule has 0 bridgehead atoms. The van der Waals surface area contributed by atoms with Crippen molar-refractivity contribution < 1.29 is 9.90 Å². The van der Waals surface area contributed by atoms with Gasteiger partial charge in [-0.2, -0.15) is 0 Å². The standard InChI is InChI=1S/C11H16ClN.C3H4O2/c1-13(2)9-8-11(12)10-6-4-3-5-7-10;1-2-3(4)5/h3-7,11H,8-9H2,1-2H3;2H,1H2,(H,4,5). The lowest BCUT2D eigenvalue weighted by Crippen LogP contribution is -2.14. The van der Waals surface area contributed by atoms with Gasteiger partial charge >= 0.3 is 5.97 Å². The van der Waals surface area contributed by atoms with Gasteiger partial charge in [-0.3, -0.25) is 0 Å². The molecule has 3 nitrogen and oxygen atoms in total. The number of nitrogens with zero attached hydrogens (tertiary/aromatic N) is 1. The van der Waals surface area contributed by atoms with Gasteiger partial charge in [0.2, 0.25) is 0 Å². The van der Waals surface area contributed by atoms with Crippen molar-refractivity contribution in [2.24, 2.45) is 0 Å². The van der Waals surface area contributed by atoms with Crippen LogP contribution in [0.25, 0.3) is 0 Å². The first kappa shape index (κ1) is 16.7. The van der Waals surface area contributed by atoms with Gasteiger partial charge in [0.1, 0.15) is 0 Å². The van der Waals surface area contributed by atoms with Gasteiger partial charge in [0.25, 0.3) is 0 Å². The number of rotatable bonds is 5. The summed E-state index contributed by atoms with van der Waals surface area (Å²) in [4.78, 5) is 11.4. The number of aliphatic carboxylic acids is 1. The molecule has 0 aliphatic carbocycles. The molecule has 0 saturated heterocycles. The minimum atomic E-state index is -0.981. The smallest absolute Gasteiger partial charge is 0.327 e. The van der Waals surface area contributed by atoms with Crippen molar-refractivity contribution in [3.8, 4) is 0 Å². The van der Waals surface area contributed by atoms with Crippen molar-refractivity contribution in [3.05, 3.63) is 48.6 Å². The average Bonchev–Trinajstić information content (AvgIpc) is 2.37. The zero-order valence-electron chi connectivity index (χ0n) is 10.8. The Labute approximate surface area is 114 Å². The summed E-state index contributed by atoms with van der Waals surface area (Å²) >= 11 is 6.22. The van der Waals surface area contributed by atoms with E-state index in [0.29, 0.717) is 0 Å². The van der Waals surface area contributed by atoms with Gasteiger partial charge in [-0.1, -0.05) is 36.9 Å². The molecule has 0 aliphatic heterocycles. The lowest BCUT2D eigenvalue weighted by Gasteiger charge is -2.13. The Bertz CT molecular complexity index is 352. The van der Waals surface area contributed by atoms with Crippen molar-refractivity contribution >= 4 is 17.6 Å². The molecule has 0 amide bonds. The normalized spacial score (nSPS) is 11.3. The molecule has 0 spiro atoms. The predicted molar refractivity (Wildman–Crippen MR) is 76.0 cm³/mol. The van der Waals surface area contributed by atoms with Crippen LogP contribution >= 0.6 is 11.6 Å². The summed E-state index contributed by atoms with van der Waals surface area (Å²) in [5.41, 5.74) is 1.21. The molecule has 1 N–H and O–H groups in total. The van der Waals surface area contributed by atoms with Gasteiger partial charge in [-0.05, 0) is 32.6 Å². The number of hydrogen-bond acceptors (Lipinski definition) is 2. The number of carbonyl (C=O) groups is 1. The third kappa shape index (κ3) is 8.79. The van der Waals surface area contributed by atoms with E-state index < -0.39 is 5.97 Å². The van der Waals surface area contributed by atoms with Gasteiger partial charge in [-0.15, -0.1) is 11.6 Å². The van der Waals surface area contributed by atoms with E-state index in [0.717, 1.165) is 19.0 Å². The highest BCUT2D eigenvalue weighted by Gasteiger charge is 2.06. The summed E-state index contributed by atoms with van der Waals surface area (Å²) in [6.07, 6.45) is 1.83. The minimum absolute atomic E-state index is 0.142. The molecule has 18 heavy (non-hydrogen) atoms. The molecule has 1 aromatic rings. The molecule has 1 aromatic carbocycles. The van der Waals surface area contributed by atoms with E-state index in [1.807, 2.05) is 18.2 Å². The second-order valence-corrected chi connectivity index (χ2v) is 4.54. The third-order valence-electron chi connectivity index (χ3n) is 2.17. The Balaban J connectivity index is 0.000000494. The second-order valence-electron chi connectivity index (χ2n) is 4.01. The number of halogens is 1. The zero-order valence-corrected chi connectivity index (χ0v) is 11.6. The molecule has 0 heterocycles. The van der Waals surface area contributed by atoms with Gasteiger partial charge in [-0.25, -0.2) is 4.79 Å². The molecule has 0 fully saturated rings. The molecule has 0 aliphatic rings. The van der Waals surface area contributed by atoms with Crippen LogP contribution in [0, 0.1) is 0 Å². The monoisotopic (exact) mass is 269 g/mol. The van der Waals surface area contributed by atoms with E-state index >= 15 is 0 Å². The number of alkyl halides is 1. The highest BCUT2D eigenvalue weighted by Crippen LogP contribution is 2.23. The van der Waals surface area contributed by atoms with Crippen molar-refractivity contribution in [2.45, 2.75) is 11.8 Å². The molecular formula is C14H20ClNO2. The lowest BCUT2D eigenvalue weighted by atomic mass is 10.1. The fourth-order valence-electron chi connectivity index (χ4n) is 1.20. The summed E-state index contributed by atoms with van der Waals surface area (Å²) in [6, 6.07) is 10.2. The molecule has 100 valence electrons. The van der Waals surface area contributed by atoms with E-state index in [4.69, 9.17) is 16.7 Å². The SMILES string of the molecule is C=CC(=O)O.CN(C)CCC(Cl)c1ccccc1. The number of carboxylic acid groups (broad SMARTS) is 1. The Morgan fingerprint density at radius 3 is 2.33 bits per heavy atom. The maximum absolute atomic E-state index is 9.25. The predicted octanol–water partition coefficient (Wildman–Crippen LogP) is 3.18. The topological polar surface area (TPSA) is 40.5 Å². The van der Waals surface area contributed by atoms with Crippen molar-refractivity contribution in [1.29, 1.82) is 0 Å². The summed E-state index contributed by atoms with van der Waals surface area (Å²) < 4.78 is 0. The van der Waals surface area contributed by atoms with Crippen LogP contribution in [0.1, 0.15) is 17.4 Å². The Hall–Kier alpha value is -1.32. The average molecular weight is 270 g/mol. The molecule has 4 heteroatoms. The minimum Gasteiger partial charge on any atom is -0.478 e. The maximum Gasteiger partial charge on any atom is 0.327 e. The van der Waals surface area contributed by atoms with Crippen molar-refractivity contribution in [2.75, 3.05) is 20.6 Å². The van der Waals surface area contributed by atoms with Gasteiger partial charge in [0, 0.05) is 6.08 Å². The van der Waals surface area contributed by atoms with Crippen molar-refractivity contribution in [1.82, 2.24) is 4.90 Å². The highest BCUT2D eigenvalue weighted by atomic mass is 35.5. The van der Waals surface area contributed by atoms with Crippen LogP contribution in [0.2, 0.25) is 0 Å². The van der Waals surface area contributed by atoms with Gasteiger partial charge in [0.15, 0.2) is 0 Å². The molecular weight excluding hydrogens is 250 g/mol. The molecule has 0 aromatic heterocycles. The lowest BCUT2D eigenvalue weighted by molar-refractivity contribution is -0.131. The quantitative estimate of drug-likeness (QED) is 0.659. The van der Waals surface area contributed by atoms with Crippen LogP contribution in [0.5, 0.6) is 0 Å². The van der Waals surface area contributed by atoms with E-state index in [1.54, 1.807) is 0 Å². The van der Waals surface area contributed by atoms with E-state index in [9.17, 15) is 4.79 Å². The van der Waals surface area contributed by atoms with Crippen LogP contribution < -0.4 is 0 Å². The maximum atomic E-state index is 9.25. The number of carboxylic acids is 1. The summed E-state index contributed by atoms with van der Waals surface area (Å²) in [5, 5.41) is 7.75. The first-order valence-corrected chi connectivity index (χ1v) is 6.10. The van der Waals surface area contributed by atoms with Crippen LogP contribution in [-0.2, 0) is 4.79 Å². The molecule has 0 radical (unpaired) electrons. The molecule has 1 atom stereocenters. The number of hydrogen-bond donors (Lipinski definition) is 1. The molecule has 1 rings (SSSR count). The van der Waals surface area contributed by atoms with E-state index in [1.165, 1.54) is 5.56 Å². The summed E-state index contributed by atoms with van der Waals surface area (Å²) in [6.45, 7) is 3.99. The van der Waals surface area contributed by atoms with E-state index in [2.05, 4.69) is 37.7 Å². The van der Waals surface area contributed by atoms with Crippen LogP contribution in [-0.4, -0.2) is 36.6 Å². The van der Waals surface area contributed by atoms with Gasteiger partial charge < -0.3 is 10.0 Å². The molecule has 0 saturated carbocycles. The van der Waals surface area contributed by atoms with Gasteiger partial charge in [0.05, 0.1) is 5.38 Å². The number of benzene rings is 1. The molecule has 1 unspecified atom stereocenters. The Kier molecular flexibility index (Phi) is 8.97. The first-order valence-electron chi connectivity index (χ1n) is 5.66. The Morgan fingerprint density at radius 2 is 1.94 bits per heavy atom.